The van der Waals surface area contributed by atoms with Gasteiger partial charge in [-0.05, 0) is 31.8 Å². The molecule has 1 saturated heterocycles. The molecule has 1 fully saturated rings. The van der Waals surface area contributed by atoms with Gasteiger partial charge in [-0.25, -0.2) is 8.96 Å². The predicted molar refractivity (Wildman–Crippen MR) is 138 cm³/mol. The second-order valence-corrected chi connectivity index (χ2v) is 10.9. The van der Waals surface area contributed by atoms with Gasteiger partial charge in [0.2, 0.25) is 5.95 Å². The topological polar surface area (TPSA) is 82.9 Å². The molecule has 3 aromatic rings. The minimum Gasteiger partial charge on any atom is -0.379 e. The number of ether oxygens (including phenoxy) is 1. The van der Waals surface area contributed by atoms with E-state index in [1.54, 1.807) is 22.6 Å². The van der Waals surface area contributed by atoms with E-state index in [0.29, 0.717) is 70.1 Å². The second kappa shape index (κ2) is 12.2. The summed E-state index contributed by atoms with van der Waals surface area (Å²) in [5.74, 6) is -0.501. The Labute approximate surface area is 212 Å². The molecule has 1 N–H and O–H groups in total. The zero-order chi connectivity index (χ0) is 25.5. The van der Waals surface area contributed by atoms with Gasteiger partial charge in [-0.15, -0.1) is 0 Å². The Bertz CT molecular complexity index is 1240. The molecule has 0 saturated carbocycles. The molecule has 1 aliphatic heterocycles. The lowest BCUT2D eigenvalue weighted by Gasteiger charge is -2.31. The van der Waals surface area contributed by atoms with Gasteiger partial charge in [-0.1, -0.05) is 24.3 Å². The highest BCUT2D eigenvalue weighted by Crippen LogP contribution is 2.26. The van der Waals surface area contributed by atoms with Crippen LogP contribution in [-0.2, 0) is 28.0 Å². The van der Waals surface area contributed by atoms with Crippen molar-refractivity contribution in [3.8, 4) is 0 Å². The lowest BCUT2D eigenvalue weighted by atomic mass is 10.1. The van der Waals surface area contributed by atoms with Gasteiger partial charge in [-0.2, -0.15) is 17.1 Å². The first kappa shape index (κ1) is 26.6. The van der Waals surface area contributed by atoms with Crippen molar-refractivity contribution in [2.75, 3.05) is 66.6 Å². The maximum absolute atomic E-state index is 14.4. The first-order valence-electron chi connectivity index (χ1n) is 12.2. The van der Waals surface area contributed by atoms with Crippen LogP contribution in [0.15, 0.2) is 48.8 Å². The van der Waals surface area contributed by atoms with Gasteiger partial charge >= 0.3 is 10.2 Å². The molecule has 196 valence electrons. The molecule has 3 heterocycles. The number of nitrogens with zero attached hydrogens (tertiary/aromatic N) is 5. The number of likely N-dealkylation sites (N-methyl/N-ethyl adjacent to an activating group) is 2. The Morgan fingerprint density at radius 1 is 1.06 bits per heavy atom. The van der Waals surface area contributed by atoms with Gasteiger partial charge in [0, 0.05) is 75.7 Å². The molecule has 11 heteroatoms. The number of benzene rings is 1. The zero-order valence-corrected chi connectivity index (χ0v) is 21.8. The molecule has 9 nitrogen and oxygen atoms in total. The monoisotopic (exact) mass is 518 g/mol. The quantitative estimate of drug-likeness (QED) is 0.289. The van der Waals surface area contributed by atoms with Crippen LogP contribution in [-0.4, -0.2) is 98.1 Å². The summed E-state index contributed by atoms with van der Waals surface area (Å²) < 4.78 is 50.2. The van der Waals surface area contributed by atoms with Gasteiger partial charge in [0.15, 0.2) is 0 Å². The highest BCUT2D eigenvalue weighted by Gasteiger charge is 2.29. The summed E-state index contributed by atoms with van der Waals surface area (Å²) in [6.45, 7) is 5.43. The molecule has 1 aromatic carbocycles. The SMILES string of the molecule is CNCCOCCN(Cc1cccnc1F)Cc1cn(S(=O)(=O)N2CCN(C)CC2)c2ccccc12. The highest BCUT2D eigenvalue weighted by atomic mass is 32.2. The average Bonchev–Trinajstić information content (AvgIpc) is 3.25. The molecular weight excluding hydrogens is 483 g/mol. The molecule has 36 heavy (non-hydrogen) atoms. The first-order valence-corrected chi connectivity index (χ1v) is 13.6. The molecule has 4 rings (SSSR count). The maximum Gasteiger partial charge on any atom is 0.308 e. The van der Waals surface area contributed by atoms with Crippen molar-refractivity contribution < 1.29 is 17.5 Å². The third-order valence-corrected chi connectivity index (χ3v) is 8.29. The van der Waals surface area contributed by atoms with E-state index >= 15 is 0 Å². The van der Waals surface area contributed by atoms with E-state index < -0.39 is 16.2 Å². The fraction of sp³-hybridized carbons (Fsp3) is 0.480. The number of aromatic nitrogens is 2. The molecule has 0 unspecified atom stereocenters. The summed E-state index contributed by atoms with van der Waals surface area (Å²) in [4.78, 5) is 7.97. The van der Waals surface area contributed by atoms with Crippen LogP contribution in [0.3, 0.4) is 0 Å². The fourth-order valence-corrected chi connectivity index (χ4v) is 5.92. The second-order valence-electron chi connectivity index (χ2n) is 9.06. The van der Waals surface area contributed by atoms with E-state index in [9.17, 15) is 12.8 Å². The lowest BCUT2D eigenvalue weighted by molar-refractivity contribution is 0.100. The van der Waals surface area contributed by atoms with E-state index in [-0.39, 0.29) is 0 Å². The standard InChI is InChI=1S/C25H35FN6O3S/c1-27-10-16-35-17-15-30(18-21-6-5-9-28-25(21)26)19-22-20-32(24-8-4-3-7-23(22)24)36(33,34)31-13-11-29(2)12-14-31/h3-9,20,27H,10-19H2,1-2H3. The van der Waals surface area contributed by atoms with Crippen molar-refractivity contribution in [3.63, 3.8) is 0 Å². The summed E-state index contributed by atoms with van der Waals surface area (Å²) in [5, 5.41) is 3.91. The molecule has 0 bridgehead atoms. The Balaban J connectivity index is 1.61. The van der Waals surface area contributed by atoms with Gasteiger partial charge in [0.1, 0.15) is 0 Å². The number of piperazine rings is 1. The normalized spacial score (nSPS) is 15.8. The van der Waals surface area contributed by atoms with Crippen LogP contribution in [0.5, 0.6) is 0 Å². The molecule has 1 aliphatic rings. The van der Waals surface area contributed by atoms with Gasteiger partial charge < -0.3 is 15.0 Å². The third kappa shape index (κ3) is 6.28. The number of rotatable bonds is 12. The van der Waals surface area contributed by atoms with E-state index in [1.165, 1.54) is 10.2 Å². The van der Waals surface area contributed by atoms with Crippen LogP contribution < -0.4 is 5.32 Å². The summed E-state index contributed by atoms with van der Waals surface area (Å²) in [6, 6.07) is 11.0. The Morgan fingerprint density at radius 2 is 1.81 bits per heavy atom. The molecule has 0 spiro atoms. The van der Waals surface area contributed by atoms with Crippen molar-refractivity contribution in [3.05, 3.63) is 65.9 Å². The number of hydrogen-bond donors (Lipinski definition) is 1. The van der Waals surface area contributed by atoms with Gasteiger partial charge in [-0.3, -0.25) is 4.90 Å². The van der Waals surface area contributed by atoms with E-state index in [2.05, 4.69) is 20.1 Å². The van der Waals surface area contributed by atoms with Crippen LogP contribution in [0.25, 0.3) is 10.9 Å². The summed E-state index contributed by atoms with van der Waals surface area (Å²) in [7, 11) is 0.147. The number of halogens is 1. The van der Waals surface area contributed by atoms with Crippen molar-refractivity contribution in [1.82, 2.24) is 28.4 Å². The fourth-order valence-electron chi connectivity index (χ4n) is 4.38. The van der Waals surface area contributed by atoms with Crippen molar-refractivity contribution in [2.45, 2.75) is 13.1 Å². The largest absolute Gasteiger partial charge is 0.379 e. The lowest BCUT2D eigenvalue weighted by Crippen LogP contribution is -2.48. The van der Waals surface area contributed by atoms with Crippen molar-refractivity contribution in [1.29, 1.82) is 0 Å². The van der Waals surface area contributed by atoms with Gasteiger partial charge in [0.05, 0.1) is 18.7 Å². The van der Waals surface area contributed by atoms with Crippen molar-refractivity contribution >= 4 is 21.1 Å². The molecule has 0 amide bonds. The number of hydrogen-bond acceptors (Lipinski definition) is 7. The van der Waals surface area contributed by atoms with Crippen LogP contribution in [0.1, 0.15) is 11.1 Å². The third-order valence-electron chi connectivity index (χ3n) is 6.47. The molecule has 2 aromatic heterocycles. The maximum atomic E-state index is 14.4. The summed E-state index contributed by atoms with van der Waals surface area (Å²) in [6.07, 6.45) is 3.15. The molecule has 0 aliphatic carbocycles. The number of pyridine rings is 1. The first-order chi connectivity index (χ1) is 17.4. The van der Waals surface area contributed by atoms with E-state index in [4.69, 9.17) is 4.74 Å². The Kier molecular flexibility index (Phi) is 9.04. The summed E-state index contributed by atoms with van der Waals surface area (Å²) in [5.41, 5.74) is 1.99. The highest BCUT2D eigenvalue weighted by molar-refractivity contribution is 7.87. The van der Waals surface area contributed by atoms with Gasteiger partial charge in [0.25, 0.3) is 0 Å². The average molecular weight is 519 g/mol. The number of fused-ring (bicyclic) bond motifs is 1. The molecular formula is C25H35FN6O3S. The molecule has 0 atom stereocenters. The van der Waals surface area contributed by atoms with Crippen LogP contribution >= 0.6 is 0 Å². The minimum absolute atomic E-state index is 0.333. The van der Waals surface area contributed by atoms with Crippen LogP contribution in [0, 0.1) is 5.95 Å². The van der Waals surface area contributed by atoms with Crippen molar-refractivity contribution in [2.24, 2.45) is 0 Å². The molecule has 0 radical (unpaired) electrons. The number of nitrogens with one attached hydrogen (secondary N) is 1. The Hall–Kier alpha value is -2.41. The zero-order valence-electron chi connectivity index (χ0n) is 20.9. The van der Waals surface area contributed by atoms with Crippen LogP contribution in [0.2, 0.25) is 0 Å². The predicted octanol–water partition coefficient (Wildman–Crippen LogP) is 1.75. The minimum atomic E-state index is -3.72. The number of para-hydroxylation sites is 1. The Morgan fingerprint density at radius 3 is 2.56 bits per heavy atom. The van der Waals surface area contributed by atoms with E-state index in [1.807, 2.05) is 38.4 Å². The smallest absolute Gasteiger partial charge is 0.308 e. The summed E-state index contributed by atoms with van der Waals surface area (Å²) >= 11 is 0. The van der Waals surface area contributed by atoms with E-state index in [0.717, 1.165) is 17.5 Å². The van der Waals surface area contributed by atoms with Crippen LogP contribution in [0.4, 0.5) is 4.39 Å².